The summed E-state index contributed by atoms with van der Waals surface area (Å²) in [5.74, 6) is -2.84. The van der Waals surface area contributed by atoms with E-state index in [4.69, 9.17) is 19.9 Å². The van der Waals surface area contributed by atoms with E-state index in [1.165, 1.54) is 23.2 Å². The molecule has 35 heavy (non-hydrogen) atoms. The molecule has 2 fully saturated rings. The number of nitrogens with two attached hydrogens (primary N) is 1. The zero-order chi connectivity index (χ0) is 24.7. The number of ether oxygens (including phenoxy) is 3. The molecule has 0 amide bonds. The third-order valence-electron chi connectivity index (χ3n) is 6.57. The van der Waals surface area contributed by atoms with E-state index >= 15 is 4.39 Å². The maximum absolute atomic E-state index is 15.4. The van der Waals surface area contributed by atoms with Gasteiger partial charge in [-0.25, -0.2) is 23.0 Å². The number of dihydropyridines is 1. The number of hydrogen-bond acceptors (Lipinski definition) is 8. The van der Waals surface area contributed by atoms with Crippen molar-refractivity contribution in [2.45, 2.75) is 44.0 Å². The fourth-order valence-corrected chi connectivity index (χ4v) is 4.92. The fraction of sp³-hybridized carbons (Fsp3) is 0.500. The molecule has 0 aromatic heterocycles. The number of halogens is 3. The SMILES string of the molecule is CCOC(=O)C1=CN(c2ccc(F)cc2F)C2N=C(N3CCC4(C3)OCC(CN)O4)C(F)C=C2C1. The van der Waals surface area contributed by atoms with E-state index < -0.39 is 35.7 Å². The molecule has 4 atom stereocenters. The topological polar surface area (TPSA) is 89.6 Å². The normalized spacial score (nSPS) is 30.2. The second-order valence-electron chi connectivity index (χ2n) is 8.93. The van der Waals surface area contributed by atoms with Crippen LogP contribution in [0.1, 0.15) is 19.8 Å². The molecule has 5 rings (SSSR count). The molecule has 4 aliphatic rings. The highest BCUT2D eigenvalue weighted by atomic mass is 19.1. The minimum atomic E-state index is -1.54. The highest BCUT2D eigenvalue weighted by molar-refractivity contribution is 5.93. The van der Waals surface area contributed by atoms with Crippen LogP contribution in [0.2, 0.25) is 0 Å². The molecule has 8 nitrogen and oxygen atoms in total. The maximum atomic E-state index is 15.4. The van der Waals surface area contributed by atoms with Gasteiger partial charge in [0.05, 0.1) is 37.1 Å². The number of fused-ring (bicyclic) bond motifs is 1. The summed E-state index contributed by atoms with van der Waals surface area (Å²) in [6.45, 7) is 3.28. The lowest BCUT2D eigenvalue weighted by Crippen LogP contribution is -2.46. The van der Waals surface area contributed by atoms with Gasteiger partial charge >= 0.3 is 5.97 Å². The van der Waals surface area contributed by atoms with Gasteiger partial charge in [0, 0.05) is 38.2 Å². The average molecular weight is 492 g/mol. The van der Waals surface area contributed by atoms with Gasteiger partial charge < -0.3 is 29.7 Å². The quantitative estimate of drug-likeness (QED) is 0.510. The van der Waals surface area contributed by atoms with Crippen LogP contribution in [0.4, 0.5) is 18.9 Å². The van der Waals surface area contributed by atoms with Crippen molar-refractivity contribution in [3.05, 3.63) is 53.3 Å². The van der Waals surface area contributed by atoms with Crippen molar-refractivity contribution < 1.29 is 32.2 Å². The third-order valence-corrected chi connectivity index (χ3v) is 6.57. The molecule has 1 aromatic carbocycles. The summed E-state index contributed by atoms with van der Waals surface area (Å²) in [5, 5.41) is 0. The van der Waals surface area contributed by atoms with Gasteiger partial charge in [0.15, 0.2) is 12.0 Å². The highest BCUT2D eigenvalue weighted by Crippen LogP contribution is 2.38. The summed E-state index contributed by atoms with van der Waals surface area (Å²) in [4.78, 5) is 20.3. The molecular formula is C24H27F3N4O4. The largest absolute Gasteiger partial charge is 0.463 e. The Kier molecular flexibility index (Phi) is 6.32. The first kappa shape index (κ1) is 23.8. The van der Waals surface area contributed by atoms with E-state index in [9.17, 15) is 13.6 Å². The molecule has 1 aromatic rings. The molecule has 4 heterocycles. The number of rotatable bonds is 4. The molecule has 4 aliphatic heterocycles. The first-order chi connectivity index (χ1) is 16.8. The molecule has 2 N–H and O–H groups in total. The first-order valence-electron chi connectivity index (χ1n) is 11.6. The van der Waals surface area contributed by atoms with Crippen LogP contribution in [0.15, 0.2) is 46.6 Å². The Morgan fingerprint density at radius 1 is 1.37 bits per heavy atom. The molecule has 2 saturated heterocycles. The van der Waals surface area contributed by atoms with Crippen molar-refractivity contribution >= 4 is 17.5 Å². The average Bonchev–Trinajstić information content (AvgIpc) is 3.44. The van der Waals surface area contributed by atoms with E-state index in [0.717, 1.165) is 12.1 Å². The number of benzene rings is 1. The Morgan fingerprint density at radius 3 is 2.91 bits per heavy atom. The van der Waals surface area contributed by atoms with Crippen LogP contribution >= 0.6 is 0 Å². The standard InChI is InChI=1S/C24H27F3N4O4/c1-2-33-23(32)15-7-14-8-19(27)22(30-6-5-24(13-30)34-12-17(10-28)35-24)29-21(14)31(11-15)20-4-3-16(25)9-18(20)26/h3-4,8-9,11,17,19,21H,2,5-7,10,12-13,28H2,1H3. The number of hydrogen-bond donors (Lipinski definition) is 1. The molecular weight excluding hydrogens is 465 g/mol. The summed E-state index contributed by atoms with van der Waals surface area (Å²) >= 11 is 0. The molecule has 11 heteroatoms. The monoisotopic (exact) mass is 492 g/mol. The smallest absolute Gasteiger partial charge is 0.335 e. The molecule has 0 radical (unpaired) electrons. The van der Waals surface area contributed by atoms with E-state index in [0.29, 0.717) is 31.7 Å². The van der Waals surface area contributed by atoms with Gasteiger partial charge in [-0.05, 0) is 30.7 Å². The summed E-state index contributed by atoms with van der Waals surface area (Å²) in [6.07, 6.45) is 0.915. The van der Waals surface area contributed by atoms with Gasteiger partial charge in [-0.15, -0.1) is 0 Å². The Morgan fingerprint density at radius 2 is 2.20 bits per heavy atom. The zero-order valence-electron chi connectivity index (χ0n) is 19.3. The van der Waals surface area contributed by atoms with Crippen LogP contribution in [0, 0.1) is 11.6 Å². The predicted octanol–water partition coefficient (Wildman–Crippen LogP) is 2.40. The molecule has 4 unspecified atom stereocenters. The fourth-order valence-electron chi connectivity index (χ4n) is 4.92. The lowest BCUT2D eigenvalue weighted by Gasteiger charge is -2.39. The van der Waals surface area contributed by atoms with Crippen LogP contribution < -0.4 is 10.6 Å². The maximum Gasteiger partial charge on any atom is 0.335 e. The van der Waals surface area contributed by atoms with Gasteiger partial charge in [0.1, 0.15) is 23.6 Å². The van der Waals surface area contributed by atoms with E-state index in [-0.39, 0.29) is 42.8 Å². The highest BCUT2D eigenvalue weighted by Gasteiger charge is 2.49. The number of carbonyl (C=O) groups excluding carboxylic acids is 1. The van der Waals surface area contributed by atoms with Crippen LogP contribution in [0.25, 0.3) is 0 Å². The number of esters is 1. The zero-order valence-corrected chi connectivity index (χ0v) is 19.3. The van der Waals surface area contributed by atoms with Crippen LogP contribution in [0.3, 0.4) is 0 Å². The number of aliphatic imine (C=N–C) groups is 1. The number of anilines is 1. The number of likely N-dealkylation sites (tertiary alicyclic amines) is 1. The minimum absolute atomic E-state index is 0.00958. The summed E-state index contributed by atoms with van der Waals surface area (Å²) in [5.41, 5.74) is 6.42. The van der Waals surface area contributed by atoms with Crippen LogP contribution in [-0.4, -0.2) is 73.8 Å². The van der Waals surface area contributed by atoms with Gasteiger partial charge in [-0.3, -0.25) is 0 Å². The van der Waals surface area contributed by atoms with Gasteiger partial charge in [0.2, 0.25) is 0 Å². The second kappa shape index (κ2) is 9.29. The minimum Gasteiger partial charge on any atom is -0.463 e. The van der Waals surface area contributed by atoms with Crippen molar-refractivity contribution in [2.24, 2.45) is 10.7 Å². The lowest BCUT2D eigenvalue weighted by molar-refractivity contribution is -0.153. The van der Waals surface area contributed by atoms with E-state index in [1.807, 2.05) is 0 Å². The van der Waals surface area contributed by atoms with Gasteiger partial charge in [-0.1, -0.05) is 0 Å². The molecule has 0 saturated carbocycles. The first-order valence-corrected chi connectivity index (χ1v) is 11.6. The summed E-state index contributed by atoms with van der Waals surface area (Å²) in [6, 6.07) is 3.14. The van der Waals surface area contributed by atoms with Gasteiger partial charge in [-0.2, -0.15) is 0 Å². The number of nitrogens with zero attached hydrogens (tertiary/aromatic N) is 3. The summed E-state index contributed by atoms with van der Waals surface area (Å²) in [7, 11) is 0. The van der Waals surface area contributed by atoms with Crippen molar-refractivity contribution in [1.82, 2.24) is 4.90 Å². The Labute approximate surface area is 200 Å². The Bertz CT molecular complexity index is 1110. The van der Waals surface area contributed by atoms with Crippen molar-refractivity contribution in [1.29, 1.82) is 0 Å². The van der Waals surface area contributed by atoms with E-state index in [2.05, 4.69) is 4.99 Å². The van der Waals surface area contributed by atoms with Crippen LogP contribution in [-0.2, 0) is 19.0 Å². The van der Waals surface area contributed by atoms with Crippen LogP contribution in [0.5, 0.6) is 0 Å². The molecule has 1 spiro atoms. The molecule has 188 valence electrons. The van der Waals surface area contributed by atoms with Crippen molar-refractivity contribution in [3.8, 4) is 0 Å². The predicted molar refractivity (Wildman–Crippen MR) is 121 cm³/mol. The molecule has 0 aliphatic carbocycles. The number of alkyl halides is 1. The Balaban J connectivity index is 1.48. The van der Waals surface area contributed by atoms with Gasteiger partial charge in [0.25, 0.3) is 0 Å². The second-order valence-corrected chi connectivity index (χ2v) is 8.93. The van der Waals surface area contributed by atoms with Crippen molar-refractivity contribution in [2.75, 3.05) is 37.7 Å². The lowest BCUT2D eigenvalue weighted by atomic mass is 9.94. The Hall–Kier alpha value is -2.89. The van der Waals surface area contributed by atoms with Crippen molar-refractivity contribution in [3.63, 3.8) is 0 Å². The van der Waals surface area contributed by atoms with E-state index in [1.54, 1.807) is 11.8 Å². The number of carbonyl (C=O) groups is 1. The molecule has 0 bridgehead atoms. The number of amidine groups is 1. The third kappa shape index (κ3) is 4.43. The summed E-state index contributed by atoms with van der Waals surface area (Å²) < 4.78 is 60.7.